The Hall–Kier alpha value is -1.92. The number of halogens is 6. The molecule has 2 heterocycles. The summed E-state index contributed by atoms with van der Waals surface area (Å²) in [5, 5.41) is 0. The van der Waals surface area contributed by atoms with E-state index in [9.17, 15) is 26.3 Å². The van der Waals surface area contributed by atoms with Crippen LogP contribution in [-0.2, 0) is 0 Å². The first-order valence-electron chi connectivity index (χ1n) is 8.47. The standard InChI is InChI=1S/C19H19F6N/c1-3-17(4-2)11-26-8-6-5-7-15(26)13-9-12(18(20,21)22)10-14(16(13)17)19(23,24)25/h5-10,16H,3-4,11H2,1-2H3. The van der Waals surface area contributed by atoms with E-state index in [0.717, 1.165) is 6.08 Å². The summed E-state index contributed by atoms with van der Waals surface area (Å²) in [5.41, 5.74) is -2.63. The number of hydrogen-bond acceptors (Lipinski definition) is 1. The third-order valence-electron chi connectivity index (χ3n) is 5.64. The quantitative estimate of drug-likeness (QED) is 0.531. The first-order valence-corrected chi connectivity index (χ1v) is 8.47. The molecule has 1 unspecified atom stereocenters. The second-order valence-electron chi connectivity index (χ2n) is 6.87. The number of allylic oxidation sites excluding steroid dienone is 8. The van der Waals surface area contributed by atoms with E-state index in [1.807, 2.05) is 0 Å². The van der Waals surface area contributed by atoms with Crippen LogP contribution in [0, 0.1) is 11.3 Å². The zero-order valence-corrected chi connectivity index (χ0v) is 14.4. The van der Waals surface area contributed by atoms with Crippen LogP contribution in [0.2, 0.25) is 0 Å². The number of nitrogens with zero attached hydrogens (tertiary/aromatic N) is 1. The summed E-state index contributed by atoms with van der Waals surface area (Å²) in [6, 6.07) is 0. The number of alkyl halides is 6. The average molecular weight is 375 g/mol. The smallest absolute Gasteiger partial charge is 0.347 e. The minimum atomic E-state index is -4.84. The van der Waals surface area contributed by atoms with Gasteiger partial charge < -0.3 is 4.90 Å². The van der Waals surface area contributed by atoms with Crippen molar-refractivity contribution in [3.63, 3.8) is 0 Å². The topological polar surface area (TPSA) is 3.24 Å². The van der Waals surface area contributed by atoms with Gasteiger partial charge in [-0.05, 0) is 48.1 Å². The highest BCUT2D eigenvalue weighted by Gasteiger charge is 2.54. The third-order valence-corrected chi connectivity index (χ3v) is 5.64. The van der Waals surface area contributed by atoms with Crippen LogP contribution in [0.5, 0.6) is 0 Å². The van der Waals surface area contributed by atoms with Crippen LogP contribution >= 0.6 is 0 Å². The van der Waals surface area contributed by atoms with Gasteiger partial charge in [-0.1, -0.05) is 19.9 Å². The van der Waals surface area contributed by atoms with E-state index in [0.29, 0.717) is 31.2 Å². The van der Waals surface area contributed by atoms with Gasteiger partial charge in [0.1, 0.15) is 0 Å². The van der Waals surface area contributed by atoms with Gasteiger partial charge in [-0.3, -0.25) is 0 Å². The molecule has 0 spiro atoms. The monoisotopic (exact) mass is 375 g/mol. The van der Waals surface area contributed by atoms with Crippen molar-refractivity contribution >= 4 is 0 Å². The lowest BCUT2D eigenvalue weighted by molar-refractivity contribution is -0.108. The van der Waals surface area contributed by atoms with E-state index >= 15 is 0 Å². The molecule has 0 amide bonds. The Bertz CT molecular complexity index is 741. The molecule has 1 atom stereocenters. The SMILES string of the molecule is CCC1(CC)CN2C=CC=CC2=C2C=C(C(F)(F)F)C=C(C(F)(F)F)C21. The van der Waals surface area contributed by atoms with E-state index in [-0.39, 0.29) is 5.57 Å². The molecule has 1 nitrogen and oxygen atoms in total. The van der Waals surface area contributed by atoms with E-state index in [2.05, 4.69) is 0 Å². The first-order chi connectivity index (χ1) is 12.0. The van der Waals surface area contributed by atoms with Crippen LogP contribution < -0.4 is 0 Å². The van der Waals surface area contributed by atoms with Gasteiger partial charge in [0.05, 0.1) is 5.57 Å². The molecule has 0 fully saturated rings. The zero-order chi connectivity index (χ0) is 19.3. The minimum Gasteiger partial charge on any atom is -0.347 e. The molecule has 1 aliphatic carbocycles. The van der Waals surface area contributed by atoms with Crippen molar-refractivity contribution in [2.45, 2.75) is 39.0 Å². The molecule has 26 heavy (non-hydrogen) atoms. The summed E-state index contributed by atoms with van der Waals surface area (Å²) in [7, 11) is 0. The fraction of sp³-hybridized carbons (Fsp3) is 0.474. The predicted octanol–water partition coefficient (Wildman–Crippen LogP) is 6.05. The van der Waals surface area contributed by atoms with Crippen LogP contribution in [0.25, 0.3) is 0 Å². The van der Waals surface area contributed by atoms with E-state index in [1.54, 1.807) is 43.2 Å². The van der Waals surface area contributed by atoms with E-state index < -0.39 is 34.8 Å². The lowest BCUT2D eigenvalue weighted by Crippen LogP contribution is -2.49. The molecule has 3 rings (SSSR count). The fourth-order valence-electron chi connectivity index (χ4n) is 4.19. The third kappa shape index (κ3) is 2.91. The summed E-state index contributed by atoms with van der Waals surface area (Å²) in [6.07, 6.45) is -0.945. The summed E-state index contributed by atoms with van der Waals surface area (Å²) in [5.74, 6) is -1.11. The molecule has 0 aromatic rings. The lowest BCUT2D eigenvalue weighted by Gasteiger charge is -2.51. The Balaban J connectivity index is 2.31. The maximum absolute atomic E-state index is 13.8. The Labute approximate surface area is 148 Å². The van der Waals surface area contributed by atoms with E-state index in [4.69, 9.17) is 0 Å². The number of fused-ring (bicyclic) bond motifs is 2. The van der Waals surface area contributed by atoms with Gasteiger partial charge in [-0.15, -0.1) is 0 Å². The van der Waals surface area contributed by atoms with Gasteiger partial charge in [0.2, 0.25) is 0 Å². The van der Waals surface area contributed by atoms with Gasteiger partial charge >= 0.3 is 12.4 Å². The van der Waals surface area contributed by atoms with Crippen molar-refractivity contribution in [2.24, 2.45) is 11.3 Å². The average Bonchev–Trinajstić information content (AvgIpc) is 2.58. The second-order valence-corrected chi connectivity index (χ2v) is 6.87. The summed E-state index contributed by atoms with van der Waals surface area (Å²) >= 11 is 0. The van der Waals surface area contributed by atoms with Crippen LogP contribution in [-0.4, -0.2) is 23.8 Å². The molecular formula is C19H19F6N. The van der Waals surface area contributed by atoms with E-state index in [1.165, 1.54) is 0 Å². The molecule has 2 aliphatic heterocycles. The highest BCUT2D eigenvalue weighted by Crippen LogP contribution is 2.56. The van der Waals surface area contributed by atoms with Crippen molar-refractivity contribution in [1.82, 2.24) is 4.90 Å². The summed E-state index contributed by atoms with van der Waals surface area (Å²) in [6.45, 7) is 3.94. The Morgan fingerprint density at radius 1 is 1.00 bits per heavy atom. The minimum absolute atomic E-state index is 0.0997. The molecule has 0 saturated carbocycles. The first kappa shape index (κ1) is 18.9. The molecule has 7 heteroatoms. The van der Waals surface area contributed by atoms with Crippen molar-refractivity contribution < 1.29 is 26.3 Å². The maximum Gasteiger partial charge on any atom is 0.416 e. The van der Waals surface area contributed by atoms with Crippen LogP contribution in [0.3, 0.4) is 0 Å². The predicted molar refractivity (Wildman–Crippen MR) is 86.8 cm³/mol. The normalized spacial score (nSPS) is 24.9. The number of rotatable bonds is 2. The van der Waals surface area contributed by atoms with Crippen LogP contribution in [0.15, 0.2) is 59.0 Å². The highest BCUT2D eigenvalue weighted by molar-refractivity contribution is 5.54. The molecule has 3 aliphatic rings. The summed E-state index contributed by atoms with van der Waals surface area (Å²) in [4.78, 5) is 1.77. The van der Waals surface area contributed by atoms with Crippen molar-refractivity contribution in [3.8, 4) is 0 Å². The molecule has 0 radical (unpaired) electrons. The number of hydrogen-bond donors (Lipinski definition) is 0. The molecule has 0 bridgehead atoms. The Morgan fingerprint density at radius 2 is 1.65 bits per heavy atom. The lowest BCUT2D eigenvalue weighted by atomic mass is 9.60. The van der Waals surface area contributed by atoms with Gasteiger partial charge in [-0.2, -0.15) is 26.3 Å². The largest absolute Gasteiger partial charge is 0.416 e. The Morgan fingerprint density at radius 3 is 2.19 bits per heavy atom. The second kappa shape index (κ2) is 6.06. The van der Waals surface area contributed by atoms with Gasteiger partial charge in [0.25, 0.3) is 0 Å². The van der Waals surface area contributed by atoms with Gasteiger partial charge in [-0.25, -0.2) is 0 Å². The van der Waals surface area contributed by atoms with Crippen LogP contribution in [0.4, 0.5) is 26.3 Å². The van der Waals surface area contributed by atoms with Crippen molar-refractivity contribution in [2.75, 3.05) is 6.54 Å². The van der Waals surface area contributed by atoms with Crippen molar-refractivity contribution in [3.05, 3.63) is 59.0 Å². The molecule has 142 valence electrons. The van der Waals surface area contributed by atoms with Gasteiger partial charge in [0, 0.05) is 29.9 Å². The zero-order valence-electron chi connectivity index (χ0n) is 14.4. The molecule has 0 saturated heterocycles. The highest BCUT2D eigenvalue weighted by atomic mass is 19.4. The van der Waals surface area contributed by atoms with Gasteiger partial charge in [0.15, 0.2) is 0 Å². The fourth-order valence-corrected chi connectivity index (χ4v) is 4.19. The maximum atomic E-state index is 13.8. The molecule has 0 N–H and O–H groups in total. The van der Waals surface area contributed by atoms with Crippen molar-refractivity contribution in [1.29, 1.82) is 0 Å². The summed E-state index contributed by atoms with van der Waals surface area (Å²) < 4.78 is 81.2. The van der Waals surface area contributed by atoms with Crippen LogP contribution in [0.1, 0.15) is 26.7 Å². The Kier molecular flexibility index (Phi) is 4.40. The molecular weight excluding hydrogens is 356 g/mol. The molecule has 0 aromatic carbocycles. The molecule has 0 aromatic heterocycles.